The summed E-state index contributed by atoms with van der Waals surface area (Å²) in [5.74, 6) is -0.919. The van der Waals surface area contributed by atoms with Gasteiger partial charge in [-0.1, -0.05) is 29.8 Å². The van der Waals surface area contributed by atoms with Gasteiger partial charge in [0.25, 0.3) is 0 Å². The SMILES string of the molecule is CCOc1ccccc1NC(=O)C(=O)N/N=C/c1ccc(OCc2ccc(F)cc2Cl)c(OCC)c1. The fraction of sp³-hybridized carbons (Fsp3) is 0.192. The molecular weight excluding hydrogens is 489 g/mol. The molecular formula is C26H25ClFN3O5. The number of ether oxygens (including phenoxy) is 3. The zero-order valence-corrected chi connectivity index (χ0v) is 20.5. The van der Waals surface area contributed by atoms with Crippen LogP contribution in [0.2, 0.25) is 5.02 Å². The van der Waals surface area contributed by atoms with E-state index < -0.39 is 17.6 Å². The van der Waals surface area contributed by atoms with Crippen molar-refractivity contribution in [1.29, 1.82) is 0 Å². The van der Waals surface area contributed by atoms with E-state index in [1.807, 2.05) is 13.8 Å². The topological polar surface area (TPSA) is 98.2 Å². The van der Waals surface area contributed by atoms with Gasteiger partial charge in [-0.25, -0.2) is 9.82 Å². The first-order chi connectivity index (χ1) is 17.4. The summed E-state index contributed by atoms with van der Waals surface area (Å²) >= 11 is 6.06. The molecule has 0 radical (unpaired) electrons. The van der Waals surface area contributed by atoms with Gasteiger partial charge >= 0.3 is 11.8 Å². The van der Waals surface area contributed by atoms with Crippen LogP contribution in [0.25, 0.3) is 0 Å². The van der Waals surface area contributed by atoms with Gasteiger partial charge in [0.05, 0.1) is 30.1 Å². The summed E-state index contributed by atoms with van der Waals surface area (Å²) in [5, 5.41) is 6.60. The zero-order valence-electron chi connectivity index (χ0n) is 19.7. The number of carbonyl (C=O) groups is 2. The van der Waals surface area contributed by atoms with Crippen LogP contribution in [-0.4, -0.2) is 31.2 Å². The van der Waals surface area contributed by atoms with Crippen LogP contribution in [0.15, 0.2) is 65.8 Å². The smallest absolute Gasteiger partial charge is 0.329 e. The number of hydrazone groups is 1. The summed E-state index contributed by atoms with van der Waals surface area (Å²) in [5.41, 5.74) is 3.78. The minimum absolute atomic E-state index is 0.115. The molecule has 0 spiro atoms. The van der Waals surface area contributed by atoms with Gasteiger partial charge in [-0.2, -0.15) is 5.10 Å². The molecule has 10 heteroatoms. The number of carbonyl (C=O) groups excluding carboxylic acids is 2. The lowest BCUT2D eigenvalue weighted by molar-refractivity contribution is -0.136. The molecule has 188 valence electrons. The summed E-state index contributed by atoms with van der Waals surface area (Å²) in [6, 6.07) is 15.9. The first kappa shape index (κ1) is 26.5. The van der Waals surface area contributed by atoms with Crippen LogP contribution < -0.4 is 25.0 Å². The molecule has 0 saturated heterocycles. The summed E-state index contributed by atoms with van der Waals surface area (Å²) in [6.07, 6.45) is 1.36. The van der Waals surface area contributed by atoms with Crippen LogP contribution in [0.3, 0.4) is 0 Å². The van der Waals surface area contributed by atoms with Crippen molar-refractivity contribution < 1.29 is 28.2 Å². The first-order valence-electron chi connectivity index (χ1n) is 11.1. The van der Waals surface area contributed by atoms with Crippen molar-refractivity contribution >= 4 is 35.3 Å². The Morgan fingerprint density at radius 1 is 0.917 bits per heavy atom. The Morgan fingerprint density at radius 3 is 2.42 bits per heavy atom. The quantitative estimate of drug-likeness (QED) is 0.227. The molecule has 3 aromatic carbocycles. The van der Waals surface area contributed by atoms with Gasteiger partial charge in [-0.05, 0) is 61.9 Å². The first-order valence-corrected chi connectivity index (χ1v) is 11.5. The third-order valence-corrected chi connectivity index (χ3v) is 5.04. The number of rotatable bonds is 10. The second kappa shape index (κ2) is 13.1. The second-order valence-corrected chi connectivity index (χ2v) is 7.65. The molecule has 2 N–H and O–H groups in total. The fourth-order valence-corrected chi connectivity index (χ4v) is 3.26. The van der Waals surface area contributed by atoms with Crippen LogP contribution in [0.1, 0.15) is 25.0 Å². The molecule has 0 aliphatic rings. The van der Waals surface area contributed by atoms with Gasteiger partial charge in [0.2, 0.25) is 0 Å². The molecule has 0 fully saturated rings. The predicted molar refractivity (Wildman–Crippen MR) is 135 cm³/mol. The molecule has 3 aromatic rings. The lowest BCUT2D eigenvalue weighted by Crippen LogP contribution is -2.32. The maximum absolute atomic E-state index is 13.2. The number of nitrogens with zero attached hydrogens (tertiary/aromatic N) is 1. The number of anilines is 1. The minimum Gasteiger partial charge on any atom is -0.492 e. The summed E-state index contributed by atoms with van der Waals surface area (Å²) in [4.78, 5) is 24.3. The van der Waals surface area contributed by atoms with Gasteiger partial charge in [0.1, 0.15) is 18.2 Å². The minimum atomic E-state index is -0.946. The van der Waals surface area contributed by atoms with Gasteiger partial charge in [0.15, 0.2) is 11.5 Å². The van der Waals surface area contributed by atoms with E-state index in [0.717, 1.165) is 0 Å². The Morgan fingerprint density at radius 2 is 1.67 bits per heavy atom. The Hall–Kier alpha value is -4.11. The molecule has 0 heterocycles. The number of halogens is 2. The Kier molecular flexibility index (Phi) is 9.64. The van der Waals surface area contributed by atoms with Crippen LogP contribution in [0, 0.1) is 5.82 Å². The Labute approximate surface area is 213 Å². The summed E-state index contributed by atoms with van der Waals surface area (Å²) in [6.45, 7) is 4.55. The van der Waals surface area contributed by atoms with Crippen molar-refractivity contribution in [3.63, 3.8) is 0 Å². The third-order valence-electron chi connectivity index (χ3n) is 4.69. The highest BCUT2D eigenvalue weighted by molar-refractivity contribution is 6.39. The molecule has 8 nitrogen and oxygen atoms in total. The molecule has 0 aliphatic carbocycles. The van der Waals surface area contributed by atoms with Crippen molar-refractivity contribution in [1.82, 2.24) is 5.43 Å². The van der Waals surface area contributed by atoms with Crippen LogP contribution in [-0.2, 0) is 16.2 Å². The van der Waals surface area contributed by atoms with Crippen molar-refractivity contribution in [2.45, 2.75) is 20.5 Å². The van der Waals surface area contributed by atoms with Crippen molar-refractivity contribution in [3.8, 4) is 17.2 Å². The standard InChI is InChI=1S/C26H25ClFN3O5/c1-3-34-22-8-6-5-7-21(22)30-25(32)26(33)31-29-15-17-9-12-23(24(13-17)35-4-2)36-16-18-10-11-19(28)14-20(18)27/h5-15H,3-4,16H2,1-2H3,(H,30,32)(H,31,33)/b29-15+. The van der Waals surface area contributed by atoms with E-state index in [0.29, 0.717) is 47.3 Å². The van der Waals surface area contributed by atoms with E-state index in [2.05, 4.69) is 15.8 Å². The van der Waals surface area contributed by atoms with Crippen molar-refractivity contribution in [2.24, 2.45) is 5.10 Å². The lowest BCUT2D eigenvalue weighted by Gasteiger charge is -2.13. The highest BCUT2D eigenvalue weighted by Crippen LogP contribution is 2.30. The number of hydrogen-bond acceptors (Lipinski definition) is 6. The normalized spacial score (nSPS) is 10.7. The molecule has 36 heavy (non-hydrogen) atoms. The van der Waals surface area contributed by atoms with E-state index >= 15 is 0 Å². The molecule has 0 aliphatic heterocycles. The van der Waals surface area contributed by atoms with Crippen molar-refractivity contribution in [3.05, 3.63) is 82.6 Å². The summed E-state index contributed by atoms with van der Waals surface area (Å²) in [7, 11) is 0. The molecule has 0 aromatic heterocycles. The molecule has 0 saturated carbocycles. The molecule has 0 atom stereocenters. The largest absolute Gasteiger partial charge is 0.492 e. The number of nitrogens with one attached hydrogen (secondary N) is 2. The predicted octanol–water partition coefficient (Wildman–Crippen LogP) is 4.94. The van der Waals surface area contributed by atoms with Crippen LogP contribution in [0.4, 0.5) is 10.1 Å². The van der Waals surface area contributed by atoms with E-state index in [1.165, 1.54) is 18.3 Å². The highest BCUT2D eigenvalue weighted by atomic mass is 35.5. The van der Waals surface area contributed by atoms with Crippen LogP contribution in [0.5, 0.6) is 17.2 Å². The van der Waals surface area contributed by atoms with Crippen molar-refractivity contribution in [2.75, 3.05) is 18.5 Å². The molecule has 0 bridgehead atoms. The van der Waals surface area contributed by atoms with E-state index in [9.17, 15) is 14.0 Å². The lowest BCUT2D eigenvalue weighted by atomic mass is 10.2. The van der Waals surface area contributed by atoms with E-state index in [-0.39, 0.29) is 11.6 Å². The maximum Gasteiger partial charge on any atom is 0.329 e. The highest BCUT2D eigenvalue weighted by Gasteiger charge is 2.15. The molecule has 3 rings (SSSR count). The average molecular weight is 514 g/mol. The molecule has 0 unspecified atom stereocenters. The van der Waals surface area contributed by atoms with Gasteiger partial charge in [0, 0.05) is 5.56 Å². The number of amides is 2. The van der Waals surface area contributed by atoms with E-state index in [1.54, 1.807) is 48.5 Å². The monoisotopic (exact) mass is 513 g/mol. The Balaban J connectivity index is 1.61. The average Bonchev–Trinajstić information content (AvgIpc) is 2.86. The van der Waals surface area contributed by atoms with Gasteiger partial charge in [-0.15, -0.1) is 0 Å². The summed E-state index contributed by atoms with van der Waals surface area (Å²) < 4.78 is 30.1. The number of hydrogen-bond donors (Lipinski definition) is 2. The third kappa shape index (κ3) is 7.44. The fourth-order valence-electron chi connectivity index (χ4n) is 3.03. The Bertz CT molecular complexity index is 1250. The molecule has 2 amide bonds. The number of para-hydroxylation sites is 2. The number of benzene rings is 3. The van der Waals surface area contributed by atoms with Gasteiger partial charge < -0.3 is 19.5 Å². The zero-order chi connectivity index (χ0) is 25.9. The van der Waals surface area contributed by atoms with Gasteiger partial charge in [-0.3, -0.25) is 9.59 Å². The maximum atomic E-state index is 13.2. The second-order valence-electron chi connectivity index (χ2n) is 7.25. The van der Waals surface area contributed by atoms with E-state index in [4.69, 9.17) is 25.8 Å². The van der Waals surface area contributed by atoms with Crippen LogP contribution >= 0.6 is 11.6 Å².